The third-order valence-electron chi connectivity index (χ3n) is 4.62. The van der Waals surface area contributed by atoms with E-state index in [1.807, 2.05) is 0 Å². The zero-order valence-electron chi connectivity index (χ0n) is 14.4. The topological polar surface area (TPSA) is 48.9 Å². The highest BCUT2D eigenvalue weighted by molar-refractivity contribution is 5.79. The predicted octanol–water partition coefficient (Wildman–Crippen LogP) is 1.84. The van der Waals surface area contributed by atoms with E-state index in [1.165, 1.54) is 51.7 Å². The van der Waals surface area contributed by atoms with E-state index in [4.69, 9.17) is 9.73 Å². The summed E-state index contributed by atoms with van der Waals surface area (Å²) in [6.45, 7) is 11.8. The van der Waals surface area contributed by atoms with Gasteiger partial charge in [0.25, 0.3) is 0 Å². The first-order valence-electron chi connectivity index (χ1n) is 9.18. The summed E-state index contributed by atoms with van der Waals surface area (Å²) >= 11 is 0. The van der Waals surface area contributed by atoms with Gasteiger partial charge in [-0.3, -0.25) is 4.99 Å². The van der Waals surface area contributed by atoms with Gasteiger partial charge in [0.1, 0.15) is 0 Å². The first-order chi connectivity index (χ1) is 10.8. The number of hydrogen-bond donors (Lipinski definition) is 2. The van der Waals surface area contributed by atoms with Crippen LogP contribution in [0, 0.1) is 5.92 Å². The largest absolute Gasteiger partial charge is 0.376 e. The Bertz CT molecular complexity index is 321. The van der Waals surface area contributed by atoms with Gasteiger partial charge in [-0.1, -0.05) is 6.92 Å². The number of hydrogen-bond acceptors (Lipinski definition) is 3. The maximum Gasteiger partial charge on any atom is 0.191 e. The third-order valence-corrected chi connectivity index (χ3v) is 4.62. The van der Waals surface area contributed by atoms with E-state index in [2.05, 4.69) is 29.4 Å². The second kappa shape index (κ2) is 10.1. The molecule has 0 spiro atoms. The fourth-order valence-electron chi connectivity index (χ4n) is 3.29. The maximum atomic E-state index is 5.66. The van der Waals surface area contributed by atoms with E-state index < -0.39 is 0 Å². The highest BCUT2D eigenvalue weighted by Gasteiger charge is 2.19. The van der Waals surface area contributed by atoms with Crippen molar-refractivity contribution in [3.8, 4) is 0 Å². The Morgan fingerprint density at radius 3 is 2.64 bits per heavy atom. The minimum absolute atomic E-state index is 0.362. The minimum atomic E-state index is 0.362. The normalized spacial score (nSPS) is 24.6. The summed E-state index contributed by atoms with van der Waals surface area (Å²) in [6, 6.07) is 0. The molecular formula is C17H34N4O. The number of aliphatic imine (C=N–C) groups is 1. The standard InChI is InChI=1S/C17H34N4O/c1-3-9-21-10-7-15(8-11-21)13-19-17(18-4-2)20-14-16-6-5-12-22-16/h15-16H,3-14H2,1-2H3,(H2,18,19,20). The zero-order valence-corrected chi connectivity index (χ0v) is 14.4. The van der Waals surface area contributed by atoms with E-state index in [0.717, 1.165) is 38.1 Å². The molecule has 2 aliphatic heterocycles. The monoisotopic (exact) mass is 310 g/mol. The summed E-state index contributed by atoms with van der Waals surface area (Å²) in [4.78, 5) is 7.37. The van der Waals surface area contributed by atoms with Gasteiger partial charge in [-0.05, 0) is 64.6 Å². The second-order valence-electron chi connectivity index (χ2n) is 6.52. The molecule has 0 amide bonds. The van der Waals surface area contributed by atoms with Gasteiger partial charge in [0, 0.05) is 26.2 Å². The molecule has 0 aromatic carbocycles. The van der Waals surface area contributed by atoms with Crippen LogP contribution in [0.15, 0.2) is 4.99 Å². The first kappa shape index (κ1) is 17.5. The highest BCUT2D eigenvalue weighted by Crippen LogP contribution is 2.17. The Balaban J connectivity index is 1.70. The Kier molecular flexibility index (Phi) is 8.02. The fourth-order valence-corrected chi connectivity index (χ4v) is 3.29. The lowest BCUT2D eigenvalue weighted by atomic mass is 9.97. The molecule has 0 bridgehead atoms. The Morgan fingerprint density at radius 2 is 2.00 bits per heavy atom. The molecule has 2 N–H and O–H groups in total. The average Bonchev–Trinajstić information content (AvgIpc) is 3.05. The van der Waals surface area contributed by atoms with Crippen LogP contribution in [0.3, 0.4) is 0 Å². The van der Waals surface area contributed by atoms with Crippen molar-refractivity contribution in [1.29, 1.82) is 0 Å². The van der Waals surface area contributed by atoms with Crippen molar-refractivity contribution in [2.75, 3.05) is 45.9 Å². The van der Waals surface area contributed by atoms with Crippen LogP contribution in [0.4, 0.5) is 0 Å². The lowest BCUT2D eigenvalue weighted by Gasteiger charge is -2.31. The van der Waals surface area contributed by atoms with E-state index >= 15 is 0 Å². The van der Waals surface area contributed by atoms with E-state index in [1.54, 1.807) is 0 Å². The van der Waals surface area contributed by atoms with Gasteiger partial charge in [0.2, 0.25) is 0 Å². The minimum Gasteiger partial charge on any atom is -0.376 e. The van der Waals surface area contributed by atoms with Gasteiger partial charge in [-0.2, -0.15) is 0 Å². The Labute approximate surface area is 135 Å². The summed E-state index contributed by atoms with van der Waals surface area (Å²) < 4.78 is 5.66. The molecule has 2 fully saturated rings. The maximum absolute atomic E-state index is 5.66. The summed E-state index contributed by atoms with van der Waals surface area (Å²) in [5, 5.41) is 6.78. The van der Waals surface area contributed by atoms with Crippen LogP contribution in [0.2, 0.25) is 0 Å². The van der Waals surface area contributed by atoms with E-state index in [9.17, 15) is 0 Å². The number of nitrogens with one attached hydrogen (secondary N) is 2. The molecule has 0 radical (unpaired) electrons. The van der Waals surface area contributed by atoms with Crippen molar-refractivity contribution < 1.29 is 4.74 Å². The molecule has 5 nitrogen and oxygen atoms in total. The van der Waals surface area contributed by atoms with Crippen LogP contribution >= 0.6 is 0 Å². The number of nitrogens with zero attached hydrogens (tertiary/aromatic N) is 2. The average molecular weight is 310 g/mol. The van der Waals surface area contributed by atoms with Crippen LogP contribution in [0.5, 0.6) is 0 Å². The number of ether oxygens (including phenoxy) is 1. The summed E-state index contributed by atoms with van der Waals surface area (Å²) in [5.41, 5.74) is 0. The lowest BCUT2D eigenvalue weighted by molar-refractivity contribution is 0.113. The van der Waals surface area contributed by atoms with Crippen molar-refractivity contribution in [1.82, 2.24) is 15.5 Å². The summed E-state index contributed by atoms with van der Waals surface area (Å²) in [7, 11) is 0. The number of guanidine groups is 1. The van der Waals surface area contributed by atoms with Crippen molar-refractivity contribution in [2.45, 2.75) is 52.1 Å². The molecule has 0 saturated carbocycles. The quantitative estimate of drug-likeness (QED) is 0.556. The van der Waals surface area contributed by atoms with Gasteiger partial charge >= 0.3 is 0 Å². The third kappa shape index (κ3) is 6.13. The number of piperidine rings is 1. The molecule has 5 heteroatoms. The van der Waals surface area contributed by atoms with Gasteiger partial charge in [0.05, 0.1) is 6.10 Å². The van der Waals surface area contributed by atoms with Crippen molar-refractivity contribution in [3.63, 3.8) is 0 Å². The molecule has 22 heavy (non-hydrogen) atoms. The second-order valence-corrected chi connectivity index (χ2v) is 6.52. The Morgan fingerprint density at radius 1 is 1.18 bits per heavy atom. The molecular weight excluding hydrogens is 276 g/mol. The molecule has 2 rings (SSSR count). The van der Waals surface area contributed by atoms with Crippen molar-refractivity contribution in [3.05, 3.63) is 0 Å². The molecule has 128 valence electrons. The van der Waals surface area contributed by atoms with Crippen LogP contribution in [0.25, 0.3) is 0 Å². The number of rotatable bonds is 7. The molecule has 0 aliphatic carbocycles. The molecule has 2 saturated heterocycles. The van der Waals surface area contributed by atoms with Crippen LogP contribution < -0.4 is 10.6 Å². The van der Waals surface area contributed by atoms with Gasteiger partial charge in [-0.25, -0.2) is 0 Å². The smallest absolute Gasteiger partial charge is 0.191 e. The molecule has 2 heterocycles. The predicted molar refractivity (Wildman–Crippen MR) is 92.4 cm³/mol. The lowest BCUT2D eigenvalue weighted by Crippen LogP contribution is -2.41. The molecule has 0 aromatic rings. The zero-order chi connectivity index (χ0) is 15.6. The fraction of sp³-hybridized carbons (Fsp3) is 0.941. The molecule has 2 aliphatic rings. The molecule has 1 unspecified atom stereocenters. The summed E-state index contributed by atoms with van der Waals surface area (Å²) in [6.07, 6.45) is 6.56. The molecule has 1 atom stereocenters. The van der Waals surface area contributed by atoms with Gasteiger partial charge in [0.15, 0.2) is 5.96 Å². The highest BCUT2D eigenvalue weighted by atomic mass is 16.5. The SMILES string of the molecule is CCCN1CCC(CN=C(NCC)NCC2CCCO2)CC1. The Hall–Kier alpha value is -0.810. The van der Waals surface area contributed by atoms with Crippen molar-refractivity contribution in [2.24, 2.45) is 10.9 Å². The van der Waals surface area contributed by atoms with Crippen LogP contribution in [-0.4, -0.2) is 62.8 Å². The number of likely N-dealkylation sites (tertiary alicyclic amines) is 1. The van der Waals surface area contributed by atoms with Crippen LogP contribution in [0.1, 0.15) is 46.0 Å². The van der Waals surface area contributed by atoms with Gasteiger partial charge < -0.3 is 20.3 Å². The van der Waals surface area contributed by atoms with E-state index in [-0.39, 0.29) is 0 Å². The van der Waals surface area contributed by atoms with Gasteiger partial charge in [-0.15, -0.1) is 0 Å². The van der Waals surface area contributed by atoms with Crippen molar-refractivity contribution >= 4 is 5.96 Å². The van der Waals surface area contributed by atoms with E-state index in [0.29, 0.717) is 6.10 Å². The first-order valence-corrected chi connectivity index (χ1v) is 9.18. The molecule has 0 aromatic heterocycles. The van der Waals surface area contributed by atoms with Crippen LogP contribution in [-0.2, 0) is 4.74 Å². The summed E-state index contributed by atoms with van der Waals surface area (Å²) in [5.74, 6) is 1.69.